The van der Waals surface area contributed by atoms with Gasteiger partial charge < -0.3 is 5.73 Å². The van der Waals surface area contributed by atoms with Gasteiger partial charge in [0.1, 0.15) is 5.82 Å². The summed E-state index contributed by atoms with van der Waals surface area (Å²) in [5, 5.41) is 0. The Labute approximate surface area is 121 Å². The van der Waals surface area contributed by atoms with Gasteiger partial charge in [-0.3, -0.25) is 9.80 Å². The van der Waals surface area contributed by atoms with Gasteiger partial charge in [0.25, 0.3) is 0 Å². The molecule has 112 valence electrons. The summed E-state index contributed by atoms with van der Waals surface area (Å²) in [6.07, 6.45) is 1.18. The molecule has 1 fully saturated rings. The first kappa shape index (κ1) is 15.4. The number of nitrogens with zero attached hydrogens (tertiary/aromatic N) is 2. The molecule has 0 aliphatic carbocycles. The van der Waals surface area contributed by atoms with E-state index in [4.69, 9.17) is 5.73 Å². The smallest absolute Gasteiger partial charge is 0.123 e. The Balaban J connectivity index is 2.00. The lowest BCUT2D eigenvalue weighted by Crippen LogP contribution is -2.51. The Morgan fingerprint density at radius 2 is 1.85 bits per heavy atom. The fourth-order valence-corrected chi connectivity index (χ4v) is 2.96. The minimum Gasteiger partial charge on any atom is -0.329 e. The Morgan fingerprint density at radius 1 is 1.20 bits per heavy atom. The van der Waals surface area contributed by atoms with Gasteiger partial charge in [0, 0.05) is 44.8 Å². The predicted octanol–water partition coefficient (Wildman–Crippen LogP) is 2.24. The number of hydrogen-bond donors (Lipinski definition) is 1. The first-order valence-electron chi connectivity index (χ1n) is 7.59. The highest BCUT2D eigenvalue weighted by Crippen LogP contribution is 2.22. The van der Waals surface area contributed by atoms with Crippen LogP contribution in [-0.2, 0) is 0 Å². The van der Waals surface area contributed by atoms with Gasteiger partial charge in [-0.25, -0.2) is 4.39 Å². The topological polar surface area (TPSA) is 32.5 Å². The average Bonchev–Trinajstić information content (AvgIpc) is 2.48. The average molecular weight is 279 g/mol. The van der Waals surface area contributed by atoms with Crippen LogP contribution in [0.25, 0.3) is 0 Å². The zero-order chi connectivity index (χ0) is 14.5. The van der Waals surface area contributed by atoms with E-state index in [0.29, 0.717) is 12.6 Å². The van der Waals surface area contributed by atoms with Crippen molar-refractivity contribution >= 4 is 0 Å². The largest absolute Gasteiger partial charge is 0.329 e. The molecule has 0 aromatic heterocycles. The first-order chi connectivity index (χ1) is 9.65. The van der Waals surface area contributed by atoms with Gasteiger partial charge in [-0.15, -0.1) is 0 Å². The second-order valence-electron chi connectivity index (χ2n) is 5.64. The SMILES string of the molecule is CCC(C)N1CCN(C(CN)c2cccc(F)c2)CC1. The molecule has 0 radical (unpaired) electrons. The van der Waals surface area contributed by atoms with E-state index in [0.717, 1.165) is 31.7 Å². The maximum absolute atomic E-state index is 13.4. The van der Waals surface area contributed by atoms with E-state index in [1.54, 1.807) is 12.1 Å². The molecule has 2 N–H and O–H groups in total. The monoisotopic (exact) mass is 279 g/mol. The zero-order valence-corrected chi connectivity index (χ0v) is 12.6. The van der Waals surface area contributed by atoms with Gasteiger partial charge in [-0.1, -0.05) is 19.1 Å². The summed E-state index contributed by atoms with van der Waals surface area (Å²) in [5.41, 5.74) is 6.92. The molecule has 1 heterocycles. The molecule has 3 nitrogen and oxygen atoms in total. The van der Waals surface area contributed by atoms with Crippen LogP contribution in [0.3, 0.4) is 0 Å². The molecule has 1 aromatic rings. The number of benzene rings is 1. The Kier molecular flexibility index (Phi) is 5.52. The van der Waals surface area contributed by atoms with Crippen molar-refractivity contribution in [1.29, 1.82) is 0 Å². The fourth-order valence-electron chi connectivity index (χ4n) is 2.96. The van der Waals surface area contributed by atoms with Crippen molar-refractivity contribution in [2.75, 3.05) is 32.7 Å². The third kappa shape index (κ3) is 3.57. The Bertz CT molecular complexity index is 416. The quantitative estimate of drug-likeness (QED) is 0.897. The van der Waals surface area contributed by atoms with Crippen LogP contribution in [0.2, 0.25) is 0 Å². The highest BCUT2D eigenvalue weighted by molar-refractivity contribution is 5.20. The molecule has 0 saturated carbocycles. The van der Waals surface area contributed by atoms with Crippen LogP contribution in [0.5, 0.6) is 0 Å². The minimum atomic E-state index is -0.181. The van der Waals surface area contributed by atoms with Crippen LogP contribution in [0, 0.1) is 5.82 Å². The van der Waals surface area contributed by atoms with Crippen molar-refractivity contribution in [2.24, 2.45) is 5.73 Å². The molecule has 2 atom stereocenters. The second-order valence-corrected chi connectivity index (χ2v) is 5.64. The number of nitrogens with two attached hydrogens (primary N) is 1. The molecule has 2 rings (SSSR count). The summed E-state index contributed by atoms with van der Waals surface area (Å²) in [6.45, 7) is 9.19. The lowest BCUT2D eigenvalue weighted by atomic mass is 10.0. The van der Waals surface area contributed by atoms with Crippen molar-refractivity contribution in [3.63, 3.8) is 0 Å². The van der Waals surface area contributed by atoms with E-state index >= 15 is 0 Å². The molecule has 1 aromatic carbocycles. The van der Waals surface area contributed by atoms with Crippen molar-refractivity contribution in [2.45, 2.75) is 32.4 Å². The molecular weight excluding hydrogens is 253 g/mol. The minimum absolute atomic E-state index is 0.129. The van der Waals surface area contributed by atoms with Crippen LogP contribution in [0.15, 0.2) is 24.3 Å². The second kappa shape index (κ2) is 7.16. The van der Waals surface area contributed by atoms with E-state index in [1.807, 2.05) is 6.07 Å². The van der Waals surface area contributed by atoms with Crippen molar-refractivity contribution < 1.29 is 4.39 Å². The number of halogens is 1. The summed E-state index contributed by atoms with van der Waals surface area (Å²) in [4.78, 5) is 4.91. The summed E-state index contributed by atoms with van der Waals surface area (Å²) >= 11 is 0. The highest BCUT2D eigenvalue weighted by Gasteiger charge is 2.25. The van der Waals surface area contributed by atoms with E-state index in [9.17, 15) is 4.39 Å². The molecule has 0 amide bonds. The first-order valence-corrected chi connectivity index (χ1v) is 7.59. The fraction of sp³-hybridized carbons (Fsp3) is 0.625. The van der Waals surface area contributed by atoms with Gasteiger partial charge in [0.15, 0.2) is 0 Å². The molecule has 1 saturated heterocycles. The van der Waals surface area contributed by atoms with Gasteiger partial charge in [-0.2, -0.15) is 0 Å². The lowest BCUT2D eigenvalue weighted by molar-refractivity contribution is 0.0743. The molecule has 2 unspecified atom stereocenters. The van der Waals surface area contributed by atoms with E-state index in [-0.39, 0.29) is 11.9 Å². The Hall–Kier alpha value is -0.970. The lowest BCUT2D eigenvalue weighted by Gasteiger charge is -2.41. The van der Waals surface area contributed by atoms with E-state index in [2.05, 4.69) is 23.6 Å². The standard InChI is InChI=1S/C16H26FN3/c1-3-13(2)19-7-9-20(10-8-19)16(12-18)14-5-4-6-15(17)11-14/h4-6,11,13,16H,3,7-10,12,18H2,1-2H3. The third-order valence-corrected chi connectivity index (χ3v) is 4.46. The third-order valence-electron chi connectivity index (χ3n) is 4.46. The van der Waals surface area contributed by atoms with Gasteiger partial charge in [0.05, 0.1) is 0 Å². The number of hydrogen-bond acceptors (Lipinski definition) is 3. The van der Waals surface area contributed by atoms with Gasteiger partial charge in [0.2, 0.25) is 0 Å². The van der Waals surface area contributed by atoms with Crippen molar-refractivity contribution in [1.82, 2.24) is 9.80 Å². The maximum Gasteiger partial charge on any atom is 0.123 e. The van der Waals surface area contributed by atoms with Crippen molar-refractivity contribution in [3.05, 3.63) is 35.6 Å². The van der Waals surface area contributed by atoms with Crippen molar-refractivity contribution in [3.8, 4) is 0 Å². The Morgan fingerprint density at radius 3 is 2.40 bits per heavy atom. The predicted molar refractivity (Wildman–Crippen MR) is 81.1 cm³/mol. The highest BCUT2D eigenvalue weighted by atomic mass is 19.1. The van der Waals surface area contributed by atoms with Gasteiger partial charge >= 0.3 is 0 Å². The summed E-state index contributed by atoms with van der Waals surface area (Å²) in [6, 6.07) is 7.60. The van der Waals surface area contributed by atoms with Crippen LogP contribution in [0.4, 0.5) is 4.39 Å². The number of rotatable bonds is 5. The number of piperazine rings is 1. The normalized spacial score (nSPS) is 20.8. The van der Waals surface area contributed by atoms with Crippen LogP contribution < -0.4 is 5.73 Å². The van der Waals surface area contributed by atoms with Crippen LogP contribution in [-0.4, -0.2) is 48.6 Å². The molecular formula is C16H26FN3. The molecule has 4 heteroatoms. The summed E-state index contributed by atoms with van der Waals surface area (Å²) in [7, 11) is 0. The van der Waals surface area contributed by atoms with E-state index in [1.165, 1.54) is 12.5 Å². The van der Waals surface area contributed by atoms with E-state index < -0.39 is 0 Å². The molecule has 20 heavy (non-hydrogen) atoms. The molecule has 0 bridgehead atoms. The summed E-state index contributed by atoms with van der Waals surface area (Å²) in [5.74, 6) is -0.181. The molecule has 1 aliphatic rings. The molecule has 0 spiro atoms. The maximum atomic E-state index is 13.4. The summed E-state index contributed by atoms with van der Waals surface area (Å²) < 4.78 is 13.4. The van der Waals surface area contributed by atoms with Crippen LogP contribution in [0.1, 0.15) is 31.9 Å². The van der Waals surface area contributed by atoms with Gasteiger partial charge in [-0.05, 0) is 31.0 Å². The van der Waals surface area contributed by atoms with Crippen LogP contribution >= 0.6 is 0 Å². The zero-order valence-electron chi connectivity index (χ0n) is 12.6. The molecule has 1 aliphatic heterocycles.